The van der Waals surface area contributed by atoms with Crippen molar-refractivity contribution in [3.05, 3.63) is 71.3 Å². The van der Waals surface area contributed by atoms with Crippen LogP contribution in [-0.4, -0.2) is 15.0 Å². The van der Waals surface area contributed by atoms with E-state index in [1.807, 2.05) is 30.3 Å². The standard InChI is InChI=1S/C18H19NO3S/c19-14-17-11-9-16(10-12-17)6-4-5-13-22-23(20,21)15-18-7-2-1-3-8-18/h1-3,7-12H,4-6,13,15H2. The number of benzene rings is 2. The first-order valence-corrected chi connectivity index (χ1v) is 9.07. The van der Waals surface area contributed by atoms with Crippen molar-refractivity contribution in [1.29, 1.82) is 5.26 Å². The number of hydrogen-bond donors (Lipinski definition) is 0. The molecule has 120 valence electrons. The van der Waals surface area contributed by atoms with E-state index >= 15 is 0 Å². The number of rotatable bonds is 8. The number of hydrogen-bond acceptors (Lipinski definition) is 4. The Labute approximate surface area is 137 Å². The topological polar surface area (TPSA) is 67.2 Å². The molecule has 0 radical (unpaired) electrons. The maximum atomic E-state index is 11.9. The lowest BCUT2D eigenvalue weighted by atomic mass is 10.1. The minimum atomic E-state index is -3.52. The molecule has 4 nitrogen and oxygen atoms in total. The molecule has 23 heavy (non-hydrogen) atoms. The van der Waals surface area contributed by atoms with E-state index in [9.17, 15) is 8.42 Å². The Morgan fingerprint density at radius 3 is 2.26 bits per heavy atom. The number of nitrogens with zero attached hydrogens (tertiary/aromatic N) is 1. The maximum absolute atomic E-state index is 11.9. The van der Waals surface area contributed by atoms with E-state index in [-0.39, 0.29) is 12.4 Å². The van der Waals surface area contributed by atoms with E-state index in [2.05, 4.69) is 6.07 Å². The normalized spacial score (nSPS) is 11.1. The van der Waals surface area contributed by atoms with Crippen molar-refractivity contribution in [3.8, 4) is 6.07 Å². The van der Waals surface area contributed by atoms with Crippen LogP contribution in [0.5, 0.6) is 0 Å². The molecule has 0 aliphatic carbocycles. The van der Waals surface area contributed by atoms with Crippen LogP contribution in [0, 0.1) is 11.3 Å². The van der Waals surface area contributed by atoms with Crippen LogP contribution < -0.4 is 0 Å². The summed E-state index contributed by atoms with van der Waals surface area (Å²) in [6.07, 6.45) is 2.36. The van der Waals surface area contributed by atoms with Gasteiger partial charge in [0.25, 0.3) is 10.1 Å². The van der Waals surface area contributed by atoms with E-state index in [0.717, 1.165) is 24.0 Å². The summed E-state index contributed by atoms with van der Waals surface area (Å²) in [5.41, 5.74) is 2.50. The van der Waals surface area contributed by atoms with Crippen molar-refractivity contribution in [2.45, 2.75) is 25.0 Å². The fraction of sp³-hybridized carbons (Fsp3) is 0.278. The molecule has 2 aromatic rings. The Bertz CT molecular complexity index is 747. The lowest BCUT2D eigenvalue weighted by Gasteiger charge is -2.06. The Morgan fingerprint density at radius 1 is 0.913 bits per heavy atom. The van der Waals surface area contributed by atoms with Gasteiger partial charge in [-0.05, 0) is 42.5 Å². The second kappa shape index (κ2) is 8.47. The predicted octanol–water partition coefficient (Wildman–Crippen LogP) is 3.43. The molecular formula is C18H19NO3S. The van der Waals surface area contributed by atoms with Crippen molar-refractivity contribution < 1.29 is 12.6 Å². The molecule has 2 aromatic carbocycles. The molecule has 0 saturated carbocycles. The molecule has 0 heterocycles. The summed E-state index contributed by atoms with van der Waals surface area (Å²) in [5, 5.41) is 8.73. The SMILES string of the molecule is N#Cc1ccc(CCCCOS(=O)(=O)Cc2ccccc2)cc1. The van der Waals surface area contributed by atoms with Gasteiger partial charge < -0.3 is 0 Å². The molecule has 0 amide bonds. The molecule has 0 atom stereocenters. The zero-order chi connectivity index (χ0) is 16.5. The van der Waals surface area contributed by atoms with Gasteiger partial charge in [-0.2, -0.15) is 13.7 Å². The molecule has 0 aliphatic heterocycles. The number of unbranched alkanes of at least 4 members (excludes halogenated alkanes) is 1. The van der Waals surface area contributed by atoms with Crippen LogP contribution in [0.15, 0.2) is 54.6 Å². The van der Waals surface area contributed by atoms with E-state index in [4.69, 9.17) is 9.44 Å². The summed E-state index contributed by atoms with van der Waals surface area (Å²) in [6.45, 7) is 0.200. The summed E-state index contributed by atoms with van der Waals surface area (Å²) in [7, 11) is -3.52. The molecule has 0 bridgehead atoms. The molecule has 0 aliphatic rings. The maximum Gasteiger partial charge on any atom is 0.271 e. The summed E-state index contributed by atoms with van der Waals surface area (Å²) < 4.78 is 28.7. The minimum Gasteiger partial charge on any atom is -0.270 e. The third kappa shape index (κ3) is 6.23. The van der Waals surface area contributed by atoms with Gasteiger partial charge in [-0.15, -0.1) is 0 Å². The Kier molecular flexibility index (Phi) is 6.33. The van der Waals surface area contributed by atoms with E-state index in [0.29, 0.717) is 12.0 Å². The lowest BCUT2D eigenvalue weighted by molar-refractivity contribution is 0.308. The second-order valence-electron chi connectivity index (χ2n) is 5.28. The van der Waals surface area contributed by atoms with Gasteiger partial charge in [0.1, 0.15) is 5.75 Å². The van der Waals surface area contributed by atoms with Gasteiger partial charge in [0.2, 0.25) is 0 Å². The summed E-state index contributed by atoms with van der Waals surface area (Å²) in [6, 6.07) is 18.5. The number of nitriles is 1. The van der Waals surface area contributed by atoms with Crippen LogP contribution >= 0.6 is 0 Å². The quantitative estimate of drug-likeness (QED) is 0.550. The molecular weight excluding hydrogens is 310 g/mol. The summed E-state index contributed by atoms with van der Waals surface area (Å²) in [4.78, 5) is 0. The zero-order valence-corrected chi connectivity index (χ0v) is 13.6. The minimum absolute atomic E-state index is 0.0938. The summed E-state index contributed by atoms with van der Waals surface area (Å²) in [5.74, 6) is -0.0938. The average molecular weight is 329 g/mol. The van der Waals surface area contributed by atoms with Crippen LogP contribution in [0.3, 0.4) is 0 Å². The van der Waals surface area contributed by atoms with Gasteiger partial charge in [-0.1, -0.05) is 42.5 Å². The van der Waals surface area contributed by atoms with Gasteiger partial charge in [0, 0.05) is 0 Å². The Balaban J connectivity index is 1.69. The van der Waals surface area contributed by atoms with E-state index in [1.165, 1.54) is 0 Å². The van der Waals surface area contributed by atoms with Gasteiger partial charge in [-0.3, -0.25) is 4.18 Å². The molecule has 0 aromatic heterocycles. The first-order valence-electron chi connectivity index (χ1n) is 7.49. The Morgan fingerprint density at radius 2 is 1.61 bits per heavy atom. The molecule has 0 N–H and O–H groups in total. The van der Waals surface area contributed by atoms with Crippen molar-refractivity contribution in [2.24, 2.45) is 0 Å². The molecule has 0 spiro atoms. The van der Waals surface area contributed by atoms with Gasteiger partial charge in [0.05, 0.1) is 18.2 Å². The van der Waals surface area contributed by atoms with Gasteiger partial charge >= 0.3 is 0 Å². The van der Waals surface area contributed by atoms with Gasteiger partial charge in [-0.25, -0.2) is 0 Å². The third-order valence-electron chi connectivity index (χ3n) is 3.39. The highest BCUT2D eigenvalue weighted by atomic mass is 32.2. The first-order chi connectivity index (χ1) is 11.1. The van der Waals surface area contributed by atoms with Crippen molar-refractivity contribution in [3.63, 3.8) is 0 Å². The van der Waals surface area contributed by atoms with Crippen molar-refractivity contribution in [2.75, 3.05) is 6.61 Å². The third-order valence-corrected chi connectivity index (χ3v) is 4.60. The highest BCUT2D eigenvalue weighted by Gasteiger charge is 2.11. The lowest BCUT2D eigenvalue weighted by Crippen LogP contribution is -2.10. The monoisotopic (exact) mass is 329 g/mol. The number of aryl methyl sites for hydroxylation is 1. The van der Waals surface area contributed by atoms with E-state index < -0.39 is 10.1 Å². The molecule has 2 rings (SSSR count). The molecule has 0 unspecified atom stereocenters. The molecule has 5 heteroatoms. The van der Waals surface area contributed by atoms with Crippen molar-refractivity contribution >= 4 is 10.1 Å². The van der Waals surface area contributed by atoms with Crippen LogP contribution in [0.1, 0.15) is 29.5 Å². The van der Waals surface area contributed by atoms with Crippen LogP contribution in [-0.2, 0) is 26.5 Å². The fourth-order valence-corrected chi connectivity index (χ4v) is 3.24. The van der Waals surface area contributed by atoms with Crippen molar-refractivity contribution in [1.82, 2.24) is 0 Å². The second-order valence-corrected chi connectivity index (χ2v) is 6.92. The molecule has 0 fully saturated rings. The Hall–Kier alpha value is -2.16. The highest BCUT2D eigenvalue weighted by Crippen LogP contribution is 2.10. The van der Waals surface area contributed by atoms with Crippen LogP contribution in [0.25, 0.3) is 0 Å². The zero-order valence-electron chi connectivity index (χ0n) is 12.8. The molecule has 0 saturated heterocycles. The van der Waals surface area contributed by atoms with Crippen LogP contribution in [0.2, 0.25) is 0 Å². The summed E-state index contributed by atoms with van der Waals surface area (Å²) >= 11 is 0. The van der Waals surface area contributed by atoms with E-state index in [1.54, 1.807) is 24.3 Å². The highest BCUT2D eigenvalue weighted by molar-refractivity contribution is 7.85. The largest absolute Gasteiger partial charge is 0.271 e. The van der Waals surface area contributed by atoms with Gasteiger partial charge in [0.15, 0.2) is 0 Å². The average Bonchev–Trinajstić information content (AvgIpc) is 2.55. The predicted molar refractivity (Wildman–Crippen MR) is 89.1 cm³/mol. The van der Waals surface area contributed by atoms with Crippen LogP contribution in [0.4, 0.5) is 0 Å². The first kappa shape index (κ1) is 17.2. The fourth-order valence-electron chi connectivity index (χ4n) is 2.18. The smallest absolute Gasteiger partial charge is 0.270 e.